The van der Waals surface area contributed by atoms with Gasteiger partial charge in [-0.05, 0) is 60.5 Å². The second-order valence-electron chi connectivity index (χ2n) is 7.17. The number of ketones is 1. The first-order valence-electron chi connectivity index (χ1n) is 10.0. The maximum Gasteiger partial charge on any atom is 0.300 e. The number of rotatable bonds is 5. The lowest BCUT2D eigenvalue weighted by Crippen LogP contribution is -2.29. The standard InChI is InChI=1S/C25H22N2O4/c1-3-16-7-11-18(12-8-16)27-22(20-6-4-5-15-26-20)21(24(29)25(27)30)23(28)17-9-13-19(31-2)14-10-17/h4-15,22,28H,3H2,1-2H3/b23-21-. The third-order valence-electron chi connectivity index (χ3n) is 5.40. The monoisotopic (exact) mass is 414 g/mol. The first-order chi connectivity index (χ1) is 15.0. The van der Waals surface area contributed by atoms with Gasteiger partial charge in [-0.2, -0.15) is 0 Å². The number of nitrogens with zero attached hydrogens (tertiary/aromatic N) is 2. The summed E-state index contributed by atoms with van der Waals surface area (Å²) in [6, 6.07) is 18.6. The van der Waals surface area contributed by atoms with Crippen LogP contribution in [0.5, 0.6) is 5.75 Å². The quantitative estimate of drug-likeness (QED) is 0.383. The Morgan fingerprint density at radius 3 is 2.32 bits per heavy atom. The molecule has 6 nitrogen and oxygen atoms in total. The van der Waals surface area contributed by atoms with Gasteiger partial charge in [0.15, 0.2) is 0 Å². The number of carbonyl (C=O) groups excluding carboxylic acids is 2. The molecule has 1 aliphatic rings. The molecule has 1 saturated heterocycles. The Morgan fingerprint density at radius 1 is 1.03 bits per heavy atom. The molecule has 31 heavy (non-hydrogen) atoms. The van der Waals surface area contributed by atoms with E-state index >= 15 is 0 Å². The minimum Gasteiger partial charge on any atom is -0.507 e. The Morgan fingerprint density at radius 2 is 1.74 bits per heavy atom. The number of ether oxygens (including phenoxy) is 1. The van der Waals surface area contributed by atoms with Crippen molar-refractivity contribution in [1.82, 2.24) is 4.98 Å². The third-order valence-corrected chi connectivity index (χ3v) is 5.40. The number of aliphatic hydroxyl groups is 1. The number of hydrogen-bond donors (Lipinski definition) is 1. The van der Waals surface area contributed by atoms with Crippen LogP contribution in [0.4, 0.5) is 5.69 Å². The number of amides is 1. The van der Waals surface area contributed by atoms with Crippen molar-refractivity contribution in [1.29, 1.82) is 0 Å². The molecule has 3 aromatic rings. The van der Waals surface area contributed by atoms with Crippen LogP contribution >= 0.6 is 0 Å². The van der Waals surface area contributed by atoms with Crippen LogP contribution in [-0.4, -0.2) is 28.9 Å². The summed E-state index contributed by atoms with van der Waals surface area (Å²) < 4.78 is 5.16. The van der Waals surface area contributed by atoms with Crippen LogP contribution in [0.25, 0.3) is 5.76 Å². The van der Waals surface area contributed by atoms with E-state index in [0.29, 0.717) is 22.7 Å². The molecule has 6 heteroatoms. The number of aryl methyl sites for hydroxylation is 1. The molecule has 1 N–H and O–H groups in total. The number of Topliss-reactive ketones (excluding diaryl/α,β-unsaturated/α-hetero) is 1. The van der Waals surface area contributed by atoms with Gasteiger partial charge in [-0.25, -0.2) is 0 Å². The highest BCUT2D eigenvalue weighted by molar-refractivity contribution is 6.51. The largest absolute Gasteiger partial charge is 0.507 e. The van der Waals surface area contributed by atoms with E-state index in [4.69, 9.17) is 4.74 Å². The number of aliphatic hydroxyl groups excluding tert-OH is 1. The Kier molecular flexibility index (Phi) is 5.54. The van der Waals surface area contributed by atoms with Gasteiger partial charge in [0.2, 0.25) is 0 Å². The molecule has 0 saturated carbocycles. The second kappa shape index (κ2) is 8.44. The predicted molar refractivity (Wildman–Crippen MR) is 118 cm³/mol. The molecule has 156 valence electrons. The van der Waals surface area contributed by atoms with Crippen molar-refractivity contribution in [3.05, 3.63) is 95.3 Å². The van der Waals surface area contributed by atoms with E-state index in [0.717, 1.165) is 12.0 Å². The number of anilines is 1. The average Bonchev–Trinajstić information content (AvgIpc) is 3.09. The summed E-state index contributed by atoms with van der Waals surface area (Å²) in [5.41, 5.74) is 2.61. The number of hydrogen-bond acceptors (Lipinski definition) is 5. The van der Waals surface area contributed by atoms with Gasteiger partial charge in [-0.15, -0.1) is 0 Å². The van der Waals surface area contributed by atoms with E-state index in [1.807, 2.05) is 31.2 Å². The van der Waals surface area contributed by atoms with Crippen LogP contribution in [0.15, 0.2) is 78.5 Å². The zero-order valence-corrected chi connectivity index (χ0v) is 17.3. The lowest BCUT2D eigenvalue weighted by molar-refractivity contribution is -0.132. The van der Waals surface area contributed by atoms with E-state index in [1.54, 1.807) is 55.8 Å². The summed E-state index contributed by atoms with van der Waals surface area (Å²) >= 11 is 0. The molecule has 2 heterocycles. The summed E-state index contributed by atoms with van der Waals surface area (Å²) in [6.45, 7) is 2.05. The van der Waals surface area contributed by atoms with Gasteiger partial charge in [-0.3, -0.25) is 19.5 Å². The van der Waals surface area contributed by atoms with Crippen LogP contribution in [0, 0.1) is 0 Å². The van der Waals surface area contributed by atoms with Crippen LogP contribution in [-0.2, 0) is 16.0 Å². The molecule has 2 aromatic carbocycles. The molecular formula is C25H22N2O4. The summed E-state index contributed by atoms with van der Waals surface area (Å²) in [5, 5.41) is 11.1. The van der Waals surface area contributed by atoms with E-state index in [1.165, 1.54) is 4.90 Å². The van der Waals surface area contributed by atoms with Gasteiger partial charge in [0, 0.05) is 17.4 Å². The summed E-state index contributed by atoms with van der Waals surface area (Å²) in [5.74, 6) is -1.07. The number of benzene rings is 2. The summed E-state index contributed by atoms with van der Waals surface area (Å²) in [6.07, 6.45) is 2.46. The highest BCUT2D eigenvalue weighted by Crippen LogP contribution is 2.41. The first-order valence-corrected chi connectivity index (χ1v) is 10.0. The van der Waals surface area contributed by atoms with Crippen molar-refractivity contribution < 1.29 is 19.4 Å². The number of pyridine rings is 1. The third kappa shape index (κ3) is 3.68. The lowest BCUT2D eigenvalue weighted by Gasteiger charge is -2.24. The van der Waals surface area contributed by atoms with Crippen molar-refractivity contribution in [3.8, 4) is 5.75 Å². The molecule has 1 unspecified atom stereocenters. The van der Waals surface area contributed by atoms with Crippen molar-refractivity contribution >= 4 is 23.1 Å². The molecule has 1 fully saturated rings. The summed E-state index contributed by atoms with van der Waals surface area (Å²) in [4.78, 5) is 31.9. The maximum atomic E-state index is 13.1. The minimum atomic E-state index is -0.837. The fraction of sp³-hybridized carbons (Fsp3) is 0.160. The maximum absolute atomic E-state index is 13.1. The Bertz CT molecular complexity index is 1140. The van der Waals surface area contributed by atoms with Crippen LogP contribution in [0.3, 0.4) is 0 Å². The normalized spacial score (nSPS) is 17.7. The van der Waals surface area contributed by atoms with Crippen molar-refractivity contribution in [2.45, 2.75) is 19.4 Å². The molecule has 4 rings (SSSR count). The van der Waals surface area contributed by atoms with Gasteiger partial charge in [0.1, 0.15) is 17.6 Å². The smallest absolute Gasteiger partial charge is 0.300 e. The first kappa shape index (κ1) is 20.3. The second-order valence-corrected chi connectivity index (χ2v) is 7.17. The lowest BCUT2D eigenvalue weighted by atomic mass is 9.98. The van der Waals surface area contributed by atoms with E-state index in [2.05, 4.69) is 4.98 Å². The van der Waals surface area contributed by atoms with Gasteiger partial charge in [-0.1, -0.05) is 25.1 Å². The Labute approximate surface area is 180 Å². The van der Waals surface area contributed by atoms with Crippen LogP contribution in [0.2, 0.25) is 0 Å². The molecule has 0 bridgehead atoms. The fourth-order valence-corrected chi connectivity index (χ4v) is 3.71. The van der Waals surface area contributed by atoms with E-state index in [-0.39, 0.29) is 11.3 Å². The topological polar surface area (TPSA) is 79.7 Å². The van der Waals surface area contributed by atoms with Gasteiger partial charge in [0.05, 0.1) is 18.4 Å². The summed E-state index contributed by atoms with van der Waals surface area (Å²) in [7, 11) is 1.55. The van der Waals surface area contributed by atoms with Gasteiger partial charge in [0.25, 0.3) is 11.7 Å². The number of aromatic nitrogens is 1. The molecule has 1 aromatic heterocycles. The Balaban J connectivity index is 1.88. The highest BCUT2D eigenvalue weighted by Gasteiger charge is 2.47. The number of methoxy groups -OCH3 is 1. The van der Waals surface area contributed by atoms with E-state index in [9.17, 15) is 14.7 Å². The zero-order chi connectivity index (χ0) is 22.0. The predicted octanol–water partition coefficient (Wildman–Crippen LogP) is 4.28. The SMILES string of the molecule is CCc1ccc(N2C(=O)C(=O)/C(=C(\O)c3ccc(OC)cc3)C2c2ccccn2)cc1. The highest BCUT2D eigenvalue weighted by atomic mass is 16.5. The van der Waals surface area contributed by atoms with Crippen LogP contribution < -0.4 is 9.64 Å². The molecule has 0 radical (unpaired) electrons. The average molecular weight is 414 g/mol. The molecule has 1 atom stereocenters. The fourth-order valence-electron chi connectivity index (χ4n) is 3.71. The minimum absolute atomic E-state index is 0.00781. The van der Waals surface area contributed by atoms with E-state index < -0.39 is 17.7 Å². The Hall–Kier alpha value is -3.93. The zero-order valence-electron chi connectivity index (χ0n) is 17.3. The van der Waals surface area contributed by atoms with Gasteiger partial charge < -0.3 is 9.84 Å². The molecular weight excluding hydrogens is 392 g/mol. The molecule has 1 aliphatic heterocycles. The van der Waals surface area contributed by atoms with Crippen LogP contribution in [0.1, 0.15) is 29.8 Å². The van der Waals surface area contributed by atoms with Crippen molar-refractivity contribution in [3.63, 3.8) is 0 Å². The van der Waals surface area contributed by atoms with Gasteiger partial charge >= 0.3 is 0 Å². The molecule has 0 spiro atoms. The number of carbonyl (C=O) groups is 2. The van der Waals surface area contributed by atoms with Crippen molar-refractivity contribution in [2.75, 3.05) is 12.0 Å². The molecule has 0 aliphatic carbocycles. The van der Waals surface area contributed by atoms with Crippen molar-refractivity contribution in [2.24, 2.45) is 0 Å². The molecule has 1 amide bonds.